The van der Waals surface area contributed by atoms with Crippen LogP contribution in [0.25, 0.3) is 10.9 Å². The number of aromatic nitrogens is 1. The minimum atomic E-state index is -1.24. The molecule has 5 heteroatoms. The maximum Gasteiger partial charge on any atom is 0.341 e. The highest BCUT2D eigenvalue weighted by molar-refractivity contribution is 5.92. The van der Waals surface area contributed by atoms with Gasteiger partial charge in [-0.15, -0.1) is 0 Å². The molecule has 1 aromatic heterocycles. The highest BCUT2D eigenvalue weighted by atomic mass is 19.1. The normalized spacial score (nSPS) is 16.2. The van der Waals surface area contributed by atoms with Crippen LogP contribution in [0.5, 0.6) is 0 Å². The van der Waals surface area contributed by atoms with Gasteiger partial charge in [0.2, 0.25) is 5.43 Å². The third-order valence-corrected chi connectivity index (χ3v) is 4.19. The topological polar surface area (TPSA) is 59.3 Å². The summed E-state index contributed by atoms with van der Waals surface area (Å²) in [5, 5.41) is 9.48. The summed E-state index contributed by atoms with van der Waals surface area (Å²) in [4.78, 5) is 23.5. The van der Waals surface area contributed by atoms with Crippen molar-refractivity contribution in [2.24, 2.45) is 0 Å². The summed E-state index contributed by atoms with van der Waals surface area (Å²) in [6, 6.07) is 4.01. The first-order chi connectivity index (χ1) is 10.1. The Kier molecular flexibility index (Phi) is 3.49. The van der Waals surface area contributed by atoms with Crippen LogP contribution in [-0.4, -0.2) is 15.6 Å². The van der Waals surface area contributed by atoms with Crippen molar-refractivity contribution in [1.82, 2.24) is 4.57 Å². The number of carboxylic acids is 1. The Morgan fingerprint density at radius 1 is 1.24 bits per heavy atom. The minimum absolute atomic E-state index is 0.127. The number of hydrogen-bond acceptors (Lipinski definition) is 2. The van der Waals surface area contributed by atoms with E-state index in [9.17, 15) is 19.1 Å². The van der Waals surface area contributed by atoms with Gasteiger partial charge >= 0.3 is 5.97 Å². The average molecular weight is 289 g/mol. The lowest BCUT2D eigenvalue weighted by atomic mass is 9.94. The van der Waals surface area contributed by atoms with Crippen molar-refractivity contribution in [1.29, 1.82) is 0 Å². The zero-order valence-corrected chi connectivity index (χ0v) is 11.5. The number of benzene rings is 1. The molecule has 1 fully saturated rings. The summed E-state index contributed by atoms with van der Waals surface area (Å²) in [5.41, 5.74) is -0.318. The number of pyridine rings is 1. The van der Waals surface area contributed by atoms with Crippen molar-refractivity contribution in [3.05, 3.63) is 46.0 Å². The van der Waals surface area contributed by atoms with Gasteiger partial charge in [0.05, 0.1) is 5.52 Å². The van der Waals surface area contributed by atoms with E-state index in [1.807, 2.05) is 0 Å². The van der Waals surface area contributed by atoms with Gasteiger partial charge in [0.1, 0.15) is 11.4 Å². The van der Waals surface area contributed by atoms with Gasteiger partial charge < -0.3 is 9.67 Å². The molecule has 2 aromatic rings. The molecule has 0 unspecified atom stereocenters. The van der Waals surface area contributed by atoms with E-state index >= 15 is 0 Å². The molecule has 0 amide bonds. The molecule has 1 saturated carbocycles. The van der Waals surface area contributed by atoms with Crippen molar-refractivity contribution >= 4 is 16.9 Å². The van der Waals surface area contributed by atoms with Gasteiger partial charge in [-0.1, -0.05) is 19.3 Å². The molecule has 1 aliphatic carbocycles. The molecule has 0 aliphatic heterocycles. The first-order valence-corrected chi connectivity index (χ1v) is 7.15. The standard InChI is InChI=1S/C16H16FNO3/c17-10-6-7-12-14(8-10)18(11-4-2-1-3-5-11)9-13(15(12)19)16(20)21/h6-9,11H,1-5H2,(H,20,21). The first kappa shape index (κ1) is 13.8. The van der Waals surface area contributed by atoms with E-state index in [0.29, 0.717) is 5.52 Å². The van der Waals surface area contributed by atoms with Crippen LogP contribution in [0.3, 0.4) is 0 Å². The van der Waals surface area contributed by atoms with Crippen LogP contribution in [0, 0.1) is 5.82 Å². The largest absolute Gasteiger partial charge is 0.477 e. The third kappa shape index (κ3) is 2.44. The second-order valence-electron chi connectivity index (χ2n) is 5.54. The quantitative estimate of drug-likeness (QED) is 0.922. The number of aromatic carboxylic acids is 1. The number of nitrogens with zero attached hydrogens (tertiary/aromatic N) is 1. The number of carbonyl (C=O) groups is 1. The molecule has 21 heavy (non-hydrogen) atoms. The Hall–Kier alpha value is -2.17. The summed E-state index contributed by atoms with van der Waals surface area (Å²) >= 11 is 0. The summed E-state index contributed by atoms with van der Waals surface area (Å²) in [5.74, 6) is -1.66. The van der Waals surface area contributed by atoms with Crippen molar-refractivity contribution in [2.45, 2.75) is 38.1 Å². The minimum Gasteiger partial charge on any atom is -0.477 e. The third-order valence-electron chi connectivity index (χ3n) is 4.19. The van der Waals surface area contributed by atoms with Gasteiger partial charge in [-0.25, -0.2) is 9.18 Å². The lowest BCUT2D eigenvalue weighted by Gasteiger charge is -2.26. The van der Waals surface area contributed by atoms with Crippen LogP contribution < -0.4 is 5.43 Å². The average Bonchev–Trinajstić information content (AvgIpc) is 2.48. The van der Waals surface area contributed by atoms with Gasteiger partial charge in [-0.3, -0.25) is 4.79 Å². The van der Waals surface area contributed by atoms with Crippen molar-refractivity contribution in [3.8, 4) is 0 Å². The van der Waals surface area contributed by atoms with E-state index in [4.69, 9.17) is 0 Å². The Morgan fingerprint density at radius 3 is 2.62 bits per heavy atom. The Bertz CT molecular complexity index is 760. The fraction of sp³-hybridized carbons (Fsp3) is 0.375. The highest BCUT2D eigenvalue weighted by Crippen LogP contribution is 2.30. The first-order valence-electron chi connectivity index (χ1n) is 7.15. The Morgan fingerprint density at radius 2 is 1.95 bits per heavy atom. The number of rotatable bonds is 2. The van der Waals surface area contributed by atoms with Gasteiger partial charge in [0.15, 0.2) is 0 Å². The fourth-order valence-corrected chi connectivity index (χ4v) is 3.14. The van der Waals surface area contributed by atoms with E-state index in [2.05, 4.69) is 0 Å². The SMILES string of the molecule is O=C(O)c1cn(C2CCCCC2)c2cc(F)ccc2c1=O. The van der Waals surface area contributed by atoms with Crippen molar-refractivity contribution < 1.29 is 14.3 Å². The molecule has 1 aromatic carbocycles. The Balaban J connectivity index is 2.29. The maximum atomic E-state index is 13.5. The van der Waals surface area contributed by atoms with E-state index < -0.39 is 17.2 Å². The van der Waals surface area contributed by atoms with Crippen LogP contribution >= 0.6 is 0 Å². The molecule has 0 spiro atoms. The smallest absolute Gasteiger partial charge is 0.341 e. The number of carboxylic acid groups (broad SMARTS) is 1. The summed E-state index contributed by atoms with van der Waals surface area (Å²) in [7, 11) is 0. The molecule has 0 saturated heterocycles. The van der Waals surface area contributed by atoms with Crippen LogP contribution in [0.4, 0.5) is 4.39 Å². The molecule has 0 atom stereocenters. The lowest BCUT2D eigenvalue weighted by Crippen LogP contribution is -2.22. The molecular weight excluding hydrogens is 273 g/mol. The van der Waals surface area contributed by atoms with Gasteiger partial charge in [-0.2, -0.15) is 0 Å². The van der Waals surface area contributed by atoms with Crippen molar-refractivity contribution in [3.63, 3.8) is 0 Å². The molecule has 1 aliphatic rings. The van der Waals surface area contributed by atoms with Gasteiger partial charge in [0, 0.05) is 17.6 Å². The second-order valence-corrected chi connectivity index (χ2v) is 5.54. The summed E-state index contributed by atoms with van der Waals surface area (Å²) in [6.45, 7) is 0. The number of halogens is 1. The second kappa shape index (κ2) is 5.31. The van der Waals surface area contributed by atoms with Crippen LogP contribution in [0.15, 0.2) is 29.2 Å². The summed E-state index contributed by atoms with van der Waals surface area (Å²) in [6.07, 6.45) is 6.52. The monoisotopic (exact) mass is 289 g/mol. The summed E-state index contributed by atoms with van der Waals surface area (Å²) < 4.78 is 15.3. The predicted molar refractivity (Wildman–Crippen MR) is 77.2 cm³/mol. The zero-order chi connectivity index (χ0) is 15.0. The van der Waals surface area contributed by atoms with Crippen LogP contribution in [-0.2, 0) is 0 Å². The molecule has 4 nitrogen and oxygen atoms in total. The van der Waals surface area contributed by atoms with E-state index in [-0.39, 0.29) is 17.0 Å². The molecule has 110 valence electrons. The van der Waals surface area contributed by atoms with E-state index in [1.54, 1.807) is 4.57 Å². The molecule has 3 rings (SSSR count). The van der Waals surface area contributed by atoms with E-state index in [0.717, 1.165) is 32.1 Å². The molecule has 0 bridgehead atoms. The Labute approximate surface area is 120 Å². The number of hydrogen-bond donors (Lipinski definition) is 1. The molecular formula is C16H16FNO3. The fourth-order valence-electron chi connectivity index (χ4n) is 3.14. The highest BCUT2D eigenvalue weighted by Gasteiger charge is 2.21. The number of fused-ring (bicyclic) bond motifs is 1. The predicted octanol–water partition coefficient (Wildman–Crippen LogP) is 3.34. The van der Waals surface area contributed by atoms with Crippen LogP contribution in [0.1, 0.15) is 48.5 Å². The van der Waals surface area contributed by atoms with Gasteiger partial charge in [-0.05, 0) is 31.0 Å². The molecule has 1 N–H and O–H groups in total. The van der Waals surface area contributed by atoms with E-state index in [1.165, 1.54) is 24.4 Å². The molecule has 1 heterocycles. The van der Waals surface area contributed by atoms with Crippen LogP contribution in [0.2, 0.25) is 0 Å². The van der Waals surface area contributed by atoms with Crippen molar-refractivity contribution in [2.75, 3.05) is 0 Å². The zero-order valence-electron chi connectivity index (χ0n) is 11.5. The maximum absolute atomic E-state index is 13.5. The molecule has 0 radical (unpaired) electrons. The lowest BCUT2D eigenvalue weighted by molar-refractivity contribution is 0.0694. The van der Waals surface area contributed by atoms with Gasteiger partial charge in [0.25, 0.3) is 0 Å².